The van der Waals surface area contributed by atoms with Gasteiger partial charge in [-0.3, -0.25) is 9.36 Å². The first-order valence-electron chi connectivity index (χ1n) is 12.6. The number of urea groups is 1. The minimum Gasteiger partial charge on any atom is -0.465 e. The van der Waals surface area contributed by atoms with Gasteiger partial charge in [-0.05, 0) is 50.1 Å². The Bertz CT molecular complexity index is 1750. The molecule has 1 fully saturated rings. The Balaban J connectivity index is 1.41. The predicted octanol–water partition coefficient (Wildman–Crippen LogP) is 5.64. The predicted molar refractivity (Wildman–Crippen MR) is 151 cm³/mol. The van der Waals surface area contributed by atoms with Gasteiger partial charge in [0, 0.05) is 11.7 Å². The lowest BCUT2D eigenvalue weighted by Crippen LogP contribution is -2.36. The van der Waals surface area contributed by atoms with Gasteiger partial charge in [-0.1, -0.05) is 36.6 Å². The van der Waals surface area contributed by atoms with E-state index in [1.807, 2.05) is 0 Å². The number of hydrogen-bond donors (Lipinski definition) is 2. The summed E-state index contributed by atoms with van der Waals surface area (Å²) in [5.41, 5.74) is 3.33. The minimum absolute atomic E-state index is 0.179. The summed E-state index contributed by atoms with van der Waals surface area (Å²) in [5, 5.41) is 6.48. The monoisotopic (exact) mass is 561 g/mol. The molecule has 0 saturated heterocycles. The number of anilines is 1. The molecule has 2 aromatic carbocycles. The third-order valence-electron chi connectivity index (χ3n) is 6.68. The van der Waals surface area contributed by atoms with Crippen molar-refractivity contribution in [2.75, 3.05) is 5.32 Å². The molecule has 2 N–H and O–H groups in total. The first kappa shape index (κ1) is 25.2. The zero-order valence-corrected chi connectivity index (χ0v) is 22.5. The molecule has 3 heterocycles. The van der Waals surface area contributed by atoms with Gasteiger partial charge in [-0.25, -0.2) is 19.7 Å². The Hall–Kier alpha value is -4.09. The molecule has 10 nitrogen and oxygen atoms in total. The number of hydrogen-bond acceptors (Lipinski definition) is 8. The van der Waals surface area contributed by atoms with Crippen molar-refractivity contribution in [2.45, 2.75) is 44.8 Å². The first-order valence-corrected chi connectivity index (χ1v) is 13.8. The van der Waals surface area contributed by atoms with Crippen molar-refractivity contribution >= 4 is 55.9 Å². The van der Waals surface area contributed by atoms with Crippen LogP contribution in [0, 0.1) is 0 Å². The van der Waals surface area contributed by atoms with Crippen LogP contribution in [-0.2, 0) is 0 Å². The third-order valence-corrected chi connectivity index (χ3v) is 7.73. The van der Waals surface area contributed by atoms with E-state index >= 15 is 0 Å². The van der Waals surface area contributed by atoms with Crippen molar-refractivity contribution in [2.24, 2.45) is 0 Å². The second-order valence-electron chi connectivity index (χ2n) is 9.32. The molecule has 3 aromatic heterocycles. The molecule has 0 spiro atoms. The summed E-state index contributed by atoms with van der Waals surface area (Å²) in [6, 6.07) is 12.1. The molecule has 5 aromatic rings. The fourth-order valence-corrected chi connectivity index (χ4v) is 5.72. The van der Waals surface area contributed by atoms with Gasteiger partial charge in [-0.2, -0.15) is 4.98 Å². The number of amides is 2. The largest absolute Gasteiger partial charge is 0.465 e. The Kier molecular flexibility index (Phi) is 6.84. The van der Waals surface area contributed by atoms with Crippen molar-refractivity contribution in [3.05, 3.63) is 75.5 Å². The molecule has 1 saturated carbocycles. The highest BCUT2D eigenvalue weighted by Crippen LogP contribution is 2.29. The highest BCUT2D eigenvalue weighted by molar-refractivity contribution is 7.16. The van der Waals surface area contributed by atoms with Crippen LogP contribution in [-0.4, -0.2) is 36.6 Å². The number of carbonyl (C=O) groups excluding carboxylic acids is 1. The second kappa shape index (κ2) is 10.6. The number of carbonyl (C=O) groups is 1. The maximum Gasteiger partial charge on any atom is 0.319 e. The molecule has 12 heteroatoms. The van der Waals surface area contributed by atoms with E-state index in [0.29, 0.717) is 44.0 Å². The van der Waals surface area contributed by atoms with Crippen LogP contribution in [0.4, 0.5) is 10.5 Å². The first-order chi connectivity index (χ1) is 19.0. The van der Waals surface area contributed by atoms with Gasteiger partial charge < -0.3 is 15.4 Å². The molecule has 6 rings (SSSR count). The number of fused-ring (bicyclic) bond motifs is 2. The molecule has 2 amide bonds. The lowest BCUT2D eigenvalue weighted by molar-refractivity contribution is 0.207. The Labute approximate surface area is 232 Å². The topological polar surface area (TPSA) is 124 Å². The molecule has 198 valence electrons. The lowest BCUT2D eigenvalue weighted by Gasteiger charge is -2.20. The van der Waals surface area contributed by atoms with E-state index in [4.69, 9.17) is 21.3 Å². The normalized spacial score (nSPS) is 14.5. The number of rotatable bonds is 6. The van der Waals surface area contributed by atoms with Crippen LogP contribution in [0.3, 0.4) is 0 Å². The van der Waals surface area contributed by atoms with E-state index in [1.165, 1.54) is 22.2 Å². The Morgan fingerprint density at radius 3 is 2.82 bits per heavy atom. The van der Waals surface area contributed by atoms with Crippen molar-refractivity contribution in [3.8, 4) is 11.6 Å². The zero-order valence-electron chi connectivity index (χ0n) is 20.9. The fourth-order valence-electron chi connectivity index (χ4n) is 4.85. The summed E-state index contributed by atoms with van der Waals surface area (Å²) in [6.07, 6.45) is 4.90. The van der Waals surface area contributed by atoms with Crippen LogP contribution in [0.5, 0.6) is 5.88 Å². The average Bonchev–Trinajstić information content (AvgIpc) is 3.61. The summed E-state index contributed by atoms with van der Waals surface area (Å²) in [5.74, 6) is 0.629. The quantitative estimate of drug-likeness (QED) is 0.275. The fraction of sp³-hybridized carbons (Fsp3) is 0.259. The molecule has 1 atom stereocenters. The van der Waals surface area contributed by atoms with Gasteiger partial charge in [0.1, 0.15) is 6.33 Å². The van der Waals surface area contributed by atoms with Crippen molar-refractivity contribution in [1.29, 1.82) is 0 Å². The summed E-state index contributed by atoms with van der Waals surface area (Å²) >= 11 is 7.82. The van der Waals surface area contributed by atoms with Gasteiger partial charge in [0.2, 0.25) is 5.88 Å². The third kappa shape index (κ3) is 5.02. The summed E-state index contributed by atoms with van der Waals surface area (Å²) in [6.45, 7) is 1.78. The van der Waals surface area contributed by atoms with Gasteiger partial charge in [0.25, 0.3) is 5.56 Å². The molecular formula is C27H24ClN7O3S. The zero-order chi connectivity index (χ0) is 26.9. The highest BCUT2D eigenvalue weighted by atomic mass is 35.5. The van der Waals surface area contributed by atoms with E-state index in [2.05, 4.69) is 25.6 Å². The van der Waals surface area contributed by atoms with Gasteiger partial charge >= 0.3 is 6.03 Å². The number of ether oxygens (including phenoxy) is 1. The van der Waals surface area contributed by atoms with E-state index in [9.17, 15) is 9.59 Å². The van der Waals surface area contributed by atoms with E-state index < -0.39 is 6.10 Å². The molecule has 0 unspecified atom stereocenters. The Morgan fingerprint density at radius 1 is 1.15 bits per heavy atom. The molecular weight excluding hydrogens is 538 g/mol. The van der Waals surface area contributed by atoms with Crippen molar-refractivity contribution < 1.29 is 9.53 Å². The SMILES string of the molecule is C[C@H](Oc1ncnc2scnc12)c1nc2cccc(Cl)c2c(=O)n1-c1cccc(NC(=O)NC2CCCC2)c1. The van der Waals surface area contributed by atoms with Crippen molar-refractivity contribution in [3.63, 3.8) is 0 Å². The second-order valence-corrected chi connectivity index (χ2v) is 10.6. The van der Waals surface area contributed by atoms with Gasteiger partial charge in [-0.15, -0.1) is 11.3 Å². The summed E-state index contributed by atoms with van der Waals surface area (Å²) < 4.78 is 7.65. The standard InChI is InChI=1S/C27H24ClN7O3S/c1-15(38-24-22-25(30-13-29-24)39-14-31-22)23-34-20-11-5-10-19(28)21(20)26(36)35(23)18-9-4-8-17(12-18)33-27(37)32-16-6-2-3-7-16/h4-5,8-16H,2-3,6-7H2,1H3,(H2,32,33,37)/t15-/m0/s1. The lowest BCUT2D eigenvalue weighted by atomic mass is 10.2. The number of nitrogens with one attached hydrogen (secondary N) is 2. The maximum atomic E-state index is 13.9. The number of thiazole rings is 1. The van der Waals surface area contributed by atoms with Crippen LogP contribution in [0.2, 0.25) is 5.02 Å². The minimum atomic E-state index is -0.705. The summed E-state index contributed by atoms with van der Waals surface area (Å²) in [4.78, 5) is 44.8. The molecule has 0 radical (unpaired) electrons. The van der Waals surface area contributed by atoms with Crippen LogP contribution in [0.15, 0.2) is 59.1 Å². The highest BCUT2D eigenvalue weighted by Gasteiger charge is 2.23. The van der Waals surface area contributed by atoms with E-state index in [-0.39, 0.29) is 23.0 Å². The number of nitrogens with zero attached hydrogens (tertiary/aromatic N) is 5. The van der Waals surface area contributed by atoms with Crippen molar-refractivity contribution in [1.82, 2.24) is 29.8 Å². The van der Waals surface area contributed by atoms with E-state index in [1.54, 1.807) is 54.9 Å². The van der Waals surface area contributed by atoms with Crippen LogP contribution < -0.4 is 20.9 Å². The molecule has 0 aliphatic heterocycles. The number of halogens is 1. The maximum absolute atomic E-state index is 13.9. The number of benzene rings is 2. The van der Waals surface area contributed by atoms with Crippen LogP contribution in [0.1, 0.15) is 44.5 Å². The molecule has 1 aliphatic rings. The number of aromatic nitrogens is 5. The molecule has 0 bridgehead atoms. The Morgan fingerprint density at radius 2 is 1.97 bits per heavy atom. The summed E-state index contributed by atoms with van der Waals surface area (Å²) in [7, 11) is 0. The van der Waals surface area contributed by atoms with Gasteiger partial charge in [0.05, 0.1) is 27.1 Å². The van der Waals surface area contributed by atoms with Crippen LogP contribution in [0.25, 0.3) is 26.9 Å². The average molecular weight is 562 g/mol. The molecule has 39 heavy (non-hydrogen) atoms. The molecule has 1 aliphatic carbocycles. The van der Waals surface area contributed by atoms with Crippen LogP contribution >= 0.6 is 22.9 Å². The smallest absolute Gasteiger partial charge is 0.319 e. The van der Waals surface area contributed by atoms with E-state index in [0.717, 1.165) is 25.7 Å². The van der Waals surface area contributed by atoms with Gasteiger partial charge in [0.15, 0.2) is 22.3 Å².